The molecule has 132 valence electrons. The Labute approximate surface area is 142 Å². The second-order valence-electron chi connectivity index (χ2n) is 6.00. The van der Waals surface area contributed by atoms with E-state index in [1.54, 1.807) is 18.2 Å². The maximum atomic E-state index is 12.1. The van der Waals surface area contributed by atoms with Gasteiger partial charge in [-0.15, -0.1) is 0 Å². The summed E-state index contributed by atoms with van der Waals surface area (Å²) in [7, 11) is -3.53. The molecule has 1 aliphatic rings. The standard InChI is InChI=1S/C17H23NO5S/c1-13(17(20)18-14-7-5-6-8-14)23-16(19)11-12-24(21,22)15-9-3-2-4-10-15/h2-4,9-10,13-14H,5-8,11-12H2,1H3,(H,18,20)/t13-/m0/s1. The summed E-state index contributed by atoms with van der Waals surface area (Å²) in [6.07, 6.45) is 2.88. The van der Waals surface area contributed by atoms with Crippen LogP contribution in [0, 0.1) is 0 Å². The minimum atomic E-state index is -3.53. The first-order valence-electron chi connectivity index (χ1n) is 8.16. The second-order valence-corrected chi connectivity index (χ2v) is 8.11. The summed E-state index contributed by atoms with van der Waals surface area (Å²) in [5, 5.41) is 2.85. The van der Waals surface area contributed by atoms with E-state index in [0.717, 1.165) is 25.7 Å². The van der Waals surface area contributed by atoms with Gasteiger partial charge in [0.2, 0.25) is 0 Å². The number of esters is 1. The number of hydrogen-bond acceptors (Lipinski definition) is 5. The summed E-state index contributed by atoms with van der Waals surface area (Å²) in [5.74, 6) is -1.36. The molecular weight excluding hydrogens is 330 g/mol. The minimum absolute atomic E-state index is 0.150. The van der Waals surface area contributed by atoms with Crippen molar-refractivity contribution < 1.29 is 22.7 Å². The molecule has 0 unspecified atom stereocenters. The zero-order valence-electron chi connectivity index (χ0n) is 13.7. The van der Waals surface area contributed by atoms with Gasteiger partial charge in [-0.2, -0.15) is 0 Å². The molecule has 0 radical (unpaired) electrons. The molecule has 1 N–H and O–H groups in total. The van der Waals surface area contributed by atoms with Gasteiger partial charge in [-0.05, 0) is 31.9 Å². The van der Waals surface area contributed by atoms with E-state index >= 15 is 0 Å². The topological polar surface area (TPSA) is 89.5 Å². The number of carbonyl (C=O) groups is 2. The number of hydrogen-bond donors (Lipinski definition) is 1. The van der Waals surface area contributed by atoms with Gasteiger partial charge in [0.25, 0.3) is 5.91 Å². The number of benzene rings is 1. The number of carbonyl (C=O) groups excluding carboxylic acids is 2. The molecule has 6 nitrogen and oxygen atoms in total. The predicted molar refractivity (Wildman–Crippen MR) is 89.1 cm³/mol. The van der Waals surface area contributed by atoms with Crippen molar-refractivity contribution in [3.8, 4) is 0 Å². The monoisotopic (exact) mass is 353 g/mol. The van der Waals surface area contributed by atoms with Crippen molar-refractivity contribution in [3.63, 3.8) is 0 Å². The molecule has 0 aliphatic heterocycles. The number of amides is 1. The van der Waals surface area contributed by atoms with E-state index in [9.17, 15) is 18.0 Å². The molecule has 0 heterocycles. The van der Waals surface area contributed by atoms with Crippen LogP contribution in [0.4, 0.5) is 0 Å². The van der Waals surface area contributed by atoms with E-state index in [1.807, 2.05) is 0 Å². The summed E-state index contributed by atoms with van der Waals surface area (Å²) in [6.45, 7) is 1.49. The summed E-state index contributed by atoms with van der Waals surface area (Å²) in [6, 6.07) is 8.09. The van der Waals surface area contributed by atoms with E-state index < -0.39 is 21.9 Å². The van der Waals surface area contributed by atoms with Gasteiger partial charge in [0.15, 0.2) is 15.9 Å². The lowest BCUT2D eigenvalue weighted by atomic mass is 10.2. The smallest absolute Gasteiger partial charge is 0.307 e. The Hall–Kier alpha value is -1.89. The summed E-state index contributed by atoms with van der Waals surface area (Å²) in [4.78, 5) is 23.9. The van der Waals surface area contributed by atoms with E-state index in [0.29, 0.717) is 0 Å². The highest BCUT2D eigenvalue weighted by Gasteiger charge is 2.24. The maximum absolute atomic E-state index is 12.1. The molecule has 1 fully saturated rings. The first kappa shape index (κ1) is 18.4. The number of sulfone groups is 1. The fourth-order valence-electron chi connectivity index (χ4n) is 2.66. The predicted octanol–water partition coefficient (Wildman–Crippen LogP) is 1.84. The van der Waals surface area contributed by atoms with Crippen molar-refractivity contribution in [1.82, 2.24) is 5.32 Å². The third-order valence-corrected chi connectivity index (χ3v) is 5.79. The molecule has 1 saturated carbocycles. The van der Waals surface area contributed by atoms with E-state index in [4.69, 9.17) is 4.74 Å². The van der Waals surface area contributed by atoms with Gasteiger partial charge in [-0.3, -0.25) is 9.59 Å². The fraction of sp³-hybridized carbons (Fsp3) is 0.529. The van der Waals surface area contributed by atoms with Crippen LogP contribution in [0.1, 0.15) is 39.0 Å². The molecule has 0 saturated heterocycles. The fourth-order valence-corrected chi connectivity index (χ4v) is 3.90. The molecule has 1 aliphatic carbocycles. The third kappa shape index (κ3) is 5.33. The van der Waals surface area contributed by atoms with Gasteiger partial charge in [0, 0.05) is 6.04 Å². The number of ether oxygens (including phenoxy) is 1. The summed E-state index contributed by atoms with van der Waals surface area (Å²) in [5.41, 5.74) is 0. The van der Waals surface area contributed by atoms with E-state index in [1.165, 1.54) is 19.1 Å². The van der Waals surface area contributed by atoms with Gasteiger partial charge >= 0.3 is 5.97 Å². The molecule has 1 amide bonds. The van der Waals surface area contributed by atoms with E-state index in [-0.39, 0.29) is 29.0 Å². The van der Waals surface area contributed by atoms with Gasteiger partial charge in [-0.25, -0.2) is 8.42 Å². The zero-order valence-corrected chi connectivity index (χ0v) is 14.6. The highest BCUT2D eigenvalue weighted by atomic mass is 32.2. The highest BCUT2D eigenvalue weighted by Crippen LogP contribution is 2.18. The summed E-state index contributed by atoms with van der Waals surface area (Å²) < 4.78 is 29.2. The van der Waals surface area contributed by atoms with Gasteiger partial charge < -0.3 is 10.1 Å². The zero-order chi connectivity index (χ0) is 17.6. The molecular formula is C17H23NO5S. The summed E-state index contributed by atoms with van der Waals surface area (Å²) >= 11 is 0. The van der Waals surface area contributed by atoms with Crippen molar-refractivity contribution >= 4 is 21.7 Å². The maximum Gasteiger partial charge on any atom is 0.307 e. The second kappa shape index (κ2) is 8.28. The SMILES string of the molecule is C[C@H](OC(=O)CCS(=O)(=O)c1ccccc1)C(=O)NC1CCCC1. The molecule has 1 aromatic carbocycles. The van der Waals surface area contributed by atoms with Crippen LogP contribution in [0.5, 0.6) is 0 Å². The first-order chi connectivity index (χ1) is 11.4. The Kier molecular flexibility index (Phi) is 6.36. The Morgan fingerprint density at radius 3 is 2.46 bits per heavy atom. The average Bonchev–Trinajstić information content (AvgIpc) is 3.07. The van der Waals surface area contributed by atoms with Crippen molar-refractivity contribution in [1.29, 1.82) is 0 Å². The molecule has 24 heavy (non-hydrogen) atoms. The van der Waals surface area contributed by atoms with Crippen LogP contribution in [-0.2, 0) is 24.2 Å². The molecule has 7 heteroatoms. The lowest BCUT2D eigenvalue weighted by Crippen LogP contribution is -2.41. The van der Waals surface area contributed by atoms with Gasteiger partial charge in [0.1, 0.15) is 0 Å². The number of rotatable bonds is 7. The van der Waals surface area contributed by atoms with Crippen molar-refractivity contribution in [2.24, 2.45) is 0 Å². The highest BCUT2D eigenvalue weighted by molar-refractivity contribution is 7.91. The van der Waals surface area contributed by atoms with Gasteiger partial charge in [-0.1, -0.05) is 31.0 Å². The first-order valence-corrected chi connectivity index (χ1v) is 9.81. The van der Waals surface area contributed by atoms with Crippen molar-refractivity contribution in [2.45, 2.75) is 56.1 Å². The van der Waals surface area contributed by atoms with E-state index in [2.05, 4.69) is 5.32 Å². The quantitative estimate of drug-likeness (QED) is 0.756. The van der Waals surface area contributed by atoms with Crippen molar-refractivity contribution in [2.75, 3.05) is 5.75 Å². The third-order valence-electron chi connectivity index (χ3n) is 4.06. The molecule has 0 aromatic heterocycles. The lowest BCUT2D eigenvalue weighted by molar-refractivity contribution is -0.154. The number of nitrogens with one attached hydrogen (secondary N) is 1. The van der Waals surface area contributed by atoms with Crippen LogP contribution in [0.25, 0.3) is 0 Å². The molecule has 0 bridgehead atoms. The van der Waals surface area contributed by atoms with Crippen LogP contribution in [0.3, 0.4) is 0 Å². The van der Waals surface area contributed by atoms with Crippen molar-refractivity contribution in [3.05, 3.63) is 30.3 Å². The van der Waals surface area contributed by atoms with Gasteiger partial charge in [0.05, 0.1) is 17.1 Å². The van der Waals surface area contributed by atoms with Crippen LogP contribution >= 0.6 is 0 Å². The Balaban J connectivity index is 1.79. The Bertz CT molecular complexity index is 665. The normalized spacial score (nSPS) is 16.5. The largest absolute Gasteiger partial charge is 0.453 e. The van der Waals surface area contributed by atoms with Crippen LogP contribution in [-0.4, -0.2) is 38.2 Å². The van der Waals surface area contributed by atoms with Crippen LogP contribution in [0.15, 0.2) is 35.2 Å². The Morgan fingerprint density at radius 1 is 1.21 bits per heavy atom. The Morgan fingerprint density at radius 2 is 1.83 bits per heavy atom. The molecule has 1 atom stereocenters. The minimum Gasteiger partial charge on any atom is -0.453 e. The lowest BCUT2D eigenvalue weighted by Gasteiger charge is -2.17. The van der Waals surface area contributed by atoms with Crippen LogP contribution < -0.4 is 5.32 Å². The molecule has 1 aromatic rings. The molecule has 0 spiro atoms. The van der Waals surface area contributed by atoms with Crippen LogP contribution in [0.2, 0.25) is 0 Å². The molecule has 2 rings (SSSR count). The average molecular weight is 353 g/mol.